The van der Waals surface area contributed by atoms with Gasteiger partial charge in [-0.1, -0.05) is 59.7 Å². The smallest absolute Gasteiger partial charge is 0.255 e. The second kappa shape index (κ2) is 9.25. The Balaban J connectivity index is 0.00000240. The Morgan fingerprint density at radius 1 is 1.10 bits per heavy atom. The van der Waals surface area contributed by atoms with Crippen LogP contribution in [0.5, 0.6) is 0 Å². The topological polar surface area (TPSA) is 59.0 Å². The predicted octanol–water partition coefficient (Wildman–Crippen LogP) is 3.73. The summed E-state index contributed by atoms with van der Waals surface area (Å²) in [7, 11) is 0. The van der Waals surface area contributed by atoms with Gasteiger partial charge in [0, 0.05) is 24.3 Å². The Morgan fingerprint density at radius 3 is 2.38 bits per heavy atom. The summed E-state index contributed by atoms with van der Waals surface area (Å²) in [4.78, 5) is 13.0. The first kappa shape index (κ1) is 21.1. The summed E-state index contributed by atoms with van der Waals surface area (Å²) >= 11 is 0. The fourth-order valence-corrected chi connectivity index (χ4v) is 3.51. The van der Waals surface area contributed by atoms with Gasteiger partial charge in [0.15, 0.2) is 0 Å². The van der Waals surface area contributed by atoms with Gasteiger partial charge in [-0.15, -0.1) is 12.4 Å². The molecule has 1 aliphatic heterocycles. The van der Waals surface area contributed by atoms with Gasteiger partial charge in [-0.25, -0.2) is 0 Å². The average Bonchev–Trinajstić information content (AvgIpc) is 3.34. The van der Waals surface area contributed by atoms with Gasteiger partial charge in [0.05, 0.1) is 12.1 Å². The van der Waals surface area contributed by atoms with Crippen LogP contribution >= 0.6 is 12.4 Å². The normalized spacial score (nSPS) is 15.7. The lowest BCUT2D eigenvalue weighted by Gasteiger charge is -2.11. The van der Waals surface area contributed by atoms with Crippen molar-refractivity contribution in [3.63, 3.8) is 0 Å². The summed E-state index contributed by atoms with van der Waals surface area (Å²) in [6.45, 7) is 6.54. The molecule has 1 atom stereocenters. The van der Waals surface area contributed by atoms with Gasteiger partial charge in [0.25, 0.3) is 5.91 Å². The highest BCUT2D eigenvalue weighted by Gasteiger charge is 2.22. The quantitative estimate of drug-likeness (QED) is 0.673. The van der Waals surface area contributed by atoms with Crippen LogP contribution in [0.15, 0.2) is 54.7 Å². The van der Waals surface area contributed by atoms with E-state index in [9.17, 15) is 4.79 Å². The summed E-state index contributed by atoms with van der Waals surface area (Å²) in [5.41, 5.74) is 5.90. The molecule has 2 aromatic carbocycles. The van der Waals surface area contributed by atoms with Gasteiger partial charge in [-0.2, -0.15) is 5.10 Å². The predicted molar refractivity (Wildman–Crippen MR) is 119 cm³/mol. The number of carbonyl (C=O) groups is 1. The van der Waals surface area contributed by atoms with E-state index in [2.05, 4.69) is 60.9 Å². The lowest BCUT2D eigenvalue weighted by atomic mass is 10.1. The fourth-order valence-electron chi connectivity index (χ4n) is 3.51. The van der Waals surface area contributed by atoms with Gasteiger partial charge in [-0.3, -0.25) is 9.48 Å². The van der Waals surface area contributed by atoms with Crippen molar-refractivity contribution < 1.29 is 4.79 Å². The van der Waals surface area contributed by atoms with Crippen LogP contribution in [0.4, 0.5) is 0 Å². The molecule has 3 aromatic rings. The molecule has 0 spiro atoms. The standard InChI is InChI=1S/C23H26N4O.ClH/c1-16-3-7-18(8-4-16)14-27-15-21(23(28)25-20-11-12-24-13-20)22(26-27)19-9-5-17(2)6-10-19;/h3-10,15,20,24H,11-14H2,1-2H3,(H,25,28);1H. The third-order valence-electron chi connectivity index (χ3n) is 5.19. The molecule has 1 amide bonds. The average molecular weight is 411 g/mol. The first-order chi connectivity index (χ1) is 13.6. The van der Waals surface area contributed by atoms with Gasteiger partial charge < -0.3 is 10.6 Å². The van der Waals surface area contributed by atoms with E-state index in [1.807, 2.05) is 23.0 Å². The molecular weight excluding hydrogens is 384 g/mol. The van der Waals surface area contributed by atoms with E-state index in [0.29, 0.717) is 12.1 Å². The number of hydrogen-bond acceptors (Lipinski definition) is 3. The van der Waals surface area contributed by atoms with Crippen LogP contribution in [0, 0.1) is 13.8 Å². The molecule has 0 saturated carbocycles. The third-order valence-corrected chi connectivity index (χ3v) is 5.19. The molecule has 29 heavy (non-hydrogen) atoms. The van der Waals surface area contributed by atoms with Gasteiger partial charge in [-0.05, 0) is 32.4 Å². The van der Waals surface area contributed by atoms with Crippen molar-refractivity contribution >= 4 is 18.3 Å². The maximum Gasteiger partial charge on any atom is 0.255 e. The van der Waals surface area contributed by atoms with E-state index in [0.717, 1.165) is 36.3 Å². The van der Waals surface area contributed by atoms with Crippen LogP contribution in [0.25, 0.3) is 11.3 Å². The van der Waals surface area contributed by atoms with Crippen molar-refractivity contribution in [3.8, 4) is 11.3 Å². The van der Waals surface area contributed by atoms with Crippen molar-refractivity contribution in [1.29, 1.82) is 0 Å². The van der Waals surface area contributed by atoms with Gasteiger partial charge >= 0.3 is 0 Å². The van der Waals surface area contributed by atoms with Gasteiger partial charge in [0.2, 0.25) is 0 Å². The van der Waals surface area contributed by atoms with Crippen LogP contribution < -0.4 is 10.6 Å². The number of nitrogens with one attached hydrogen (secondary N) is 2. The summed E-state index contributed by atoms with van der Waals surface area (Å²) in [5.74, 6) is -0.0561. The molecule has 1 fully saturated rings. The zero-order valence-electron chi connectivity index (χ0n) is 16.8. The second-order valence-electron chi connectivity index (χ2n) is 7.60. The highest BCUT2D eigenvalue weighted by molar-refractivity contribution is 6.00. The summed E-state index contributed by atoms with van der Waals surface area (Å²) in [6, 6.07) is 16.7. The minimum atomic E-state index is -0.0561. The number of rotatable bonds is 5. The molecule has 4 rings (SSSR count). The van der Waals surface area contributed by atoms with E-state index in [1.54, 1.807) is 0 Å². The largest absolute Gasteiger partial charge is 0.348 e. The first-order valence-corrected chi connectivity index (χ1v) is 9.80. The number of aryl methyl sites for hydroxylation is 2. The lowest BCUT2D eigenvalue weighted by molar-refractivity contribution is 0.0940. The number of amides is 1. The Bertz CT molecular complexity index is 958. The maximum absolute atomic E-state index is 13.0. The van der Waals surface area contributed by atoms with Crippen molar-refractivity contribution in [1.82, 2.24) is 20.4 Å². The molecule has 0 radical (unpaired) electrons. The monoisotopic (exact) mass is 410 g/mol. The summed E-state index contributed by atoms with van der Waals surface area (Å²) < 4.78 is 1.86. The van der Waals surface area contributed by atoms with Crippen molar-refractivity contribution in [2.24, 2.45) is 0 Å². The first-order valence-electron chi connectivity index (χ1n) is 9.80. The van der Waals surface area contributed by atoms with Crippen LogP contribution in [-0.2, 0) is 6.54 Å². The molecule has 5 nitrogen and oxygen atoms in total. The zero-order chi connectivity index (χ0) is 19.5. The number of benzene rings is 2. The molecule has 152 valence electrons. The van der Waals surface area contributed by atoms with Crippen LogP contribution in [0.3, 0.4) is 0 Å². The van der Waals surface area contributed by atoms with E-state index >= 15 is 0 Å². The van der Waals surface area contributed by atoms with Crippen molar-refractivity contribution in [2.45, 2.75) is 32.9 Å². The highest BCUT2D eigenvalue weighted by Crippen LogP contribution is 2.23. The molecule has 2 N–H and O–H groups in total. The SMILES string of the molecule is Cc1ccc(Cn2cc(C(=O)NC3CCNC3)c(-c3ccc(C)cc3)n2)cc1.Cl. The van der Waals surface area contributed by atoms with Crippen molar-refractivity contribution in [3.05, 3.63) is 77.0 Å². The maximum atomic E-state index is 13.0. The summed E-state index contributed by atoms with van der Waals surface area (Å²) in [5, 5.41) is 11.2. The van der Waals surface area contributed by atoms with E-state index in [4.69, 9.17) is 5.10 Å². The van der Waals surface area contributed by atoms with Crippen LogP contribution in [0.1, 0.15) is 33.5 Å². The van der Waals surface area contributed by atoms with E-state index in [1.165, 1.54) is 11.1 Å². The molecule has 1 aromatic heterocycles. The van der Waals surface area contributed by atoms with Crippen LogP contribution in [0.2, 0.25) is 0 Å². The molecular formula is C23H27ClN4O. The molecule has 2 heterocycles. The Labute approximate surface area is 177 Å². The minimum absolute atomic E-state index is 0. The van der Waals surface area contributed by atoms with Crippen molar-refractivity contribution in [2.75, 3.05) is 13.1 Å². The second-order valence-corrected chi connectivity index (χ2v) is 7.60. The molecule has 6 heteroatoms. The Kier molecular flexibility index (Phi) is 6.72. The Morgan fingerprint density at radius 2 is 1.76 bits per heavy atom. The number of hydrogen-bond donors (Lipinski definition) is 2. The molecule has 1 saturated heterocycles. The fraction of sp³-hybridized carbons (Fsp3) is 0.304. The number of halogens is 1. The van der Waals surface area contributed by atoms with Crippen LogP contribution in [-0.4, -0.2) is 34.8 Å². The Hall–Kier alpha value is -2.63. The zero-order valence-corrected chi connectivity index (χ0v) is 17.6. The number of aromatic nitrogens is 2. The minimum Gasteiger partial charge on any atom is -0.348 e. The number of carbonyl (C=O) groups excluding carboxylic acids is 1. The summed E-state index contributed by atoms with van der Waals surface area (Å²) in [6.07, 6.45) is 2.83. The van der Waals surface area contributed by atoms with E-state index < -0.39 is 0 Å². The molecule has 1 unspecified atom stereocenters. The lowest BCUT2D eigenvalue weighted by Crippen LogP contribution is -2.36. The molecule has 0 bridgehead atoms. The molecule has 1 aliphatic rings. The molecule has 0 aliphatic carbocycles. The van der Waals surface area contributed by atoms with Gasteiger partial charge in [0.1, 0.15) is 5.69 Å². The third kappa shape index (κ3) is 5.05. The van der Waals surface area contributed by atoms with E-state index in [-0.39, 0.29) is 24.4 Å². The highest BCUT2D eigenvalue weighted by atomic mass is 35.5. The number of nitrogens with zero attached hydrogens (tertiary/aromatic N) is 2.